The maximum atomic E-state index is 3.83. The van der Waals surface area contributed by atoms with E-state index in [1.807, 2.05) is 11.3 Å². The fourth-order valence-electron chi connectivity index (χ4n) is 1.98. The van der Waals surface area contributed by atoms with Crippen molar-refractivity contribution in [3.05, 3.63) is 57.3 Å². The van der Waals surface area contributed by atoms with Crippen molar-refractivity contribution in [3.8, 4) is 0 Å². The number of aryl methyl sites for hydroxylation is 1. The van der Waals surface area contributed by atoms with Crippen LogP contribution >= 0.6 is 27.3 Å². The van der Waals surface area contributed by atoms with Crippen LogP contribution in [-0.4, -0.2) is 0 Å². The molecule has 0 radical (unpaired) electrons. The average molecular weight is 337 g/mol. The quantitative estimate of drug-likeness (QED) is 0.594. The molecule has 1 atom stereocenters. The molecule has 0 amide bonds. The third kappa shape index (κ3) is 3.49. The highest BCUT2D eigenvalue weighted by molar-refractivity contribution is 9.09. The van der Waals surface area contributed by atoms with Crippen molar-refractivity contribution in [3.63, 3.8) is 0 Å². The molecule has 1 heterocycles. The van der Waals surface area contributed by atoms with Crippen LogP contribution in [0, 0.1) is 0 Å². The molecule has 2 aromatic rings. The lowest BCUT2D eigenvalue weighted by molar-refractivity contribution is 0.604. The molecule has 102 valence electrons. The fourth-order valence-corrected chi connectivity index (χ4v) is 3.79. The molecule has 0 nitrogen and oxygen atoms in total. The molecule has 0 spiro atoms. The Bertz CT molecular complexity index is 531. The molecule has 1 aromatic heterocycles. The van der Waals surface area contributed by atoms with E-state index >= 15 is 0 Å². The van der Waals surface area contributed by atoms with Gasteiger partial charge in [-0.05, 0) is 35.1 Å². The fraction of sp³-hybridized carbons (Fsp3) is 0.412. The molecule has 0 saturated heterocycles. The number of rotatable bonds is 3. The van der Waals surface area contributed by atoms with Gasteiger partial charge in [-0.1, -0.05) is 67.9 Å². The lowest BCUT2D eigenvalue weighted by atomic mass is 9.95. The van der Waals surface area contributed by atoms with Crippen LogP contribution in [0.2, 0.25) is 0 Å². The van der Waals surface area contributed by atoms with Gasteiger partial charge >= 0.3 is 0 Å². The summed E-state index contributed by atoms with van der Waals surface area (Å²) in [5.74, 6) is 0. The van der Waals surface area contributed by atoms with E-state index in [1.54, 1.807) is 0 Å². The zero-order valence-corrected chi connectivity index (χ0v) is 14.4. The highest BCUT2D eigenvalue weighted by Crippen LogP contribution is 2.38. The van der Waals surface area contributed by atoms with E-state index in [2.05, 4.69) is 80.0 Å². The molecule has 1 unspecified atom stereocenters. The Morgan fingerprint density at radius 1 is 1.05 bits per heavy atom. The van der Waals surface area contributed by atoms with E-state index < -0.39 is 0 Å². The van der Waals surface area contributed by atoms with Crippen LogP contribution in [0.1, 0.15) is 53.4 Å². The largest absolute Gasteiger partial charge is 0.143 e. The first kappa shape index (κ1) is 14.8. The van der Waals surface area contributed by atoms with E-state index in [9.17, 15) is 0 Å². The predicted octanol–water partition coefficient (Wildman–Crippen LogP) is 6.09. The first-order chi connectivity index (χ1) is 8.91. The Labute approximate surface area is 129 Å². The van der Waals surface area contributed by atoms with Crippen molar-refractivity contribution >= 4 is 27.3 Å². The first-order valence-electron chi connectivity index (χ1n) is 6.75. The van der Waals surface area contributed by atoms with Gasteiger partial charge in [0.05, 0.1) is 4.83 Å². The van der Waals surface area contributed by atoms with Crippen molar-refractivity contribution in [1.29, 1.82) is 0 Å². The standard InChI is InChI=1S/C17H21BrS/c1-5-12-6-8-13(9-7-12)16(18)14-10-11-15(19-14)17(2,3)4/h6-11,16H,5H2,1-4H3. The Hall–Kier alpha value is -0.600. The molecule has 2 rings (SSSR count). The molecule has 0 aliphatic rings. The first-order valence-corrected chi connectivity index (χ1v) is 8.48. The second kappa shape index (κ2) is 5.80. The van der Waals surface area contributed by atoms with Gasteiger partial charge in [-0.15, -0.1) is 11.3 Å². The summed E-state index contributed by atoms with van der Waals surface area (Å²) in [4.78, 5) is 3.13. The highest BCUT2D eigenvalue weighted by atomic mass is 79.9. The van der Waals surface area contributed by atoms with Gasteiger partial charge in [0.15, 0.2) is 0 Å². The molecule has 1 aromatic carbocycles. The molecule has 0 saturated carbocycles. The summed E-state index contributed by atoms with van der Waals surface area (Å²) in [6, 6.07) is 13.4. The normalized spacial score (nSPS) is 13.5. The van der Waals surface area contributed by atoms with E-state index in [1.165, 1.54) is 20.9 Å². The van der Waals surface area contributed by atoms with Gasteiger partial charge < -0.3 is 0 Å². The van der Waals surface area contributed by atoms with Crippen LogP contribution in [0.3, 0.4) is 0 Å². The molecule has 0 N–H and O–H groups in total. The third-order valence-electron chi connectivity index (χ3n) is 3.30. The predicted molar refractivity (Wildman–Crippen MR) is 89.6 cm³/mol. The number of benzene rings is 1. The van der Waals surface area contributed by atoms with Gasteiger partial charge in [0.2, 0.25) is 0 Å². The van der Waals surface area contributed by atoms with Crippen LogP contribution in [0.25, 0.3) is 0 Å². The van der Waals surface area contributed by atoms with Crippen molar-refractivity contribution in [2.75, 3.05) is 0 Å². The second-order valence-corrected chi connectivity index (χ2v) is 7.94. The van der Waals surface area contributed by atoms with Gasteiger partial charge in [-0.25, -0.2) is 0 Å². The van der Waals surface area contributed by atoms with Crippen LogP contribution in [-0.2, 0) is 11.8 Å². The summed E-state index contributed by atoms with van der Waals surface area (Å²) in [7, 11) is 0. The summed E-state index contributed by atoms with van der Waals surface area (Å²) < 4.78 is 0. The molecular weight excluding hydrogens is 316 g/mol. The van der Waals surface area contributed by atoms with E-state index in [4.69, 9.17) is 0 Å². The smallest absolute Gasteiger partial charge is 0.0738 e. The SMILES string of the molecule is CCc1ccc(C(Br)c2ccc(C(C)(C)C)s2)cc1. The van der Waals surface area contributed by atoms with Crippen LogP contribution in [0.4, 0.5) is 0 Å². The van der Waals surface area contributed by atoms with Gasteiger partial charge in [-0.2, -0.15) is 0 Å². The average Bonchev–Trinajstić information content (AvgIpc) is 2.87. The van der Waals surface area contributed by atoms with Crippen molar-refractivity contribution in [2.45, 2.75) is 44.4 Å². The third-order valence-corrected chi connectivity index (χ3v) is 6.20. The molecule has 0 aliphatic carbocycles. The number of halogens is 1. The molecule has 0 fully saturated rings. The van der Waals surface area contributed by atoms with Crippen molar-refractivity contribution < 1.29 is 0 Å². The number of hydrogen-bond donors (Lipinski definition) is 0. The van der Waals surface area contributed by atoms with Crippen LogP contribution < -0.4 is 0 Å². The Balaban J connectivity index is 2.23. The minimum absolute atomic E-state index is 0.238. The lowest BCUT2D eigenvalue weighted by Gasteiger charge is -2.15. The maximum absolute atomic E-state index is 3.83. The summed E-state index contributed by atoms with van der Waals surface area (Å²) in [6.45, 7) is 8.99. The minimum atomic E-state index is 0.238. The zero-order chi connectivity index (χ0) is 14.0. The topological polar surface area (TPSA) is 0 Å². The highest BCUT2D eigenvalue weighted by Gasteiger charge is 2.19. The second-order valence-electron chi connectivity index (χ2n) is 5.91. The monoisotopic (exact) mass is 336 g/mol. The lowest BCUT2D eigenvalue weighted by Crippen LogP contribution is -2.07. The number of thiophene rings is 1. The van der Waals surface area contributed by atoms with E-state index in [0.29, 0.717) is 4.83 Å². The molecular formula is C17H21BrS. The van der Waals surface area contributed by atoms with Crippen molar-refractivity contribution in [1.82, 2.24) is 0 Å². The summed E-state index contributed by atoms with van der Waals surface area (Å²) in [5, 5.41) is 0. The van der Waals surface area contributed by atoms with Gasteiger partial charge in [0.1, 0.15) is 0 Å². The summed E-state index contributed by atoms with van der Waals surface area (Å²) in [6.07, 6.45) is 1.10. The van der Waals surface area contributed by atoms with Gasteiger partial charge in [0, 0.05) is 9.75 Å². The van der Waals surface area contributed by atoms with Crippen molar-refractivity contribution in [2.24, 2.45) is 0 Å². The maximum Gasteiger partial charge on any atom is 0.0738 e. The Morgan fingerprint density at radius 3 is 2.16 bits per heavy atom. The van der Waals surface area contributed by atoms with Crippen LogP contribution in [0.15, 0.2) is 36.4 Å². The zero-order valence-electron chi connectivity index (χ0n) is 12.0. The molecule has 0 bridgehead atoms. The Morgan fingerprint density at radius 2 is 1.68 bits per heavy atom. The molecule has 0 aliphatic heterocycles. The molecule has 19 heavy (non-hydrogen) atoms. The number of hydrogen-bond acceptors (Lipinski definition) is 1. The van der Waals surface area contributed by atoms with Gasteiger partial charge in [0.25, 0.3) is 0 Å². The van der Waals surface area contributed by atoms with E-state index in [0.717, 1.165) is 6.42 Å². The summed E-state index contributed by atoms with van der Waals surface area (Å²) in [5.41, 5.74) is 2.96. The Kier molecular flexibility index (Phi) is 4.52. The van der Waals surface area contributed by atoms with Crippen LogP contribution in [0.5, 0.6) is 0 Å². The van der Waals surface area contributed by atoms with E-state index in [-0.39, 0.29) is 5.41 Å². The minimum Gasteiger partial charge on any atom is -0.143 e. The summed E-state index contributed by atoms with van der Waals surface area (Å²) >= 11 is 5.74. The van der Waals surface area contributed by atoms with Gasteiger partial charge in [-0.3, -0.25) is 0 Å². The molecule has 2 heteroatoms. The number of alkyl halides is 1.